The fourth-order valence-electron chi connectivity index (χ4n) is 6.33. The van der Waals surface area contributed by atoms with Crippen LogP contribution in [0, 0.1) is 0 Å². The van der Waals surface area contributed by atoms with Crippen LogP contribution in [0.4, 0.5) is 0 Å². The lowest BCUT2D eigenvalue weighted by Gasteiger charge is -2.13. The van der Waals surface area contributed by atoms with Crippen molar-refractivity contribution >= 4 is 43.6 Å². The molecule has 0 bridgehead atoms. The second-order valence-corrected chi connectivity index (χ2v) is 9.94. The molecule has 0 unspecified atom stereocenters. The molecule has 4 heteroatoms. The molecule has 0 aliphatic heterocycles. The van der Waals surface area contributed by atoms with E-state index in [9.17, 15) is 0 Å². The van der Waals surface area contributed by atoms with Gasteiger partial charge in [0.05, 0.1) is 16.7 Å². The number of fused-ring (bicyclic) bond motifs is 4. The van der Waals surface area contributed by atoms with E-state index in [0.717, 1.165) is 22.4 Å². The number of rotatable bonds is 2. The molecule has 176 valence electrons. The predicted octanol–water partition coefficient (Wildman–Crippen LogP) is 8.32. The van der Waals surface area contributed by atoms with Crippen molar-refractivity contribution in [2.45, 2.75) is 0 Å². The first-order chi connectivity index (χ1) is 18.8. The molecule has 0 radical (unpaired) electrons. The number of hydrogen-bond acceptors (Lipinski definition) is 2. The maximum absolute atomic E-state index is 4.83. The van der Waals surface area contributed by atoms with Crippen LogP contribution in [0.5, 0.6) is 0 Å². The SMILES string of the molecule is c1ccc(-n2nc3ccc(-n4c5cccc6c5c5c7c(cccc7ccc54)-c4ccccc4-6)cc3n2)cc1. The topological polar surface area (TPSA) is 35.6 Å². The molecule has 0 N–H and O–H groups in total. The molecule has 1 aliphatic carbocycles. The lowest BCUT2D eigenvalue weighted by atomic mass is 9.93. The minimum atomic E-state index is 0.872. The highest BCUT2D eigenvalue weighted by Gasteiger charge is 2.24. The maximum Gasteiger partial charge on any atom is 0.115 e. The summed E-state index contributed by atoms with van der Waals surface area (Å²) in [6.07, 6.45) is 0. The van der Waals surface area contributed by atoms with Gasteiger partial charge in [-0.2, -0.15) is 4.80 Å². The fourth-order valence-corrected chi connectivity index (χ4v) is 6.33. The summed E-state index contributed by atoms with van der Waals surface area (Å²) in [4.78, 5) is 1.72. The number of para-hydroxylation sites is 1. The number of benzene rings is 6. The van der Waals surface area contributed by atoms with Crippen LogP contribution >= 0.6 is 0 Å². The Hall–Kier alpha value is -5.22. The van der Waals surface area contributed by atoms with E-state index in [1.54, 1.807) is 4.80 Å². The molecule has 2 heterocycles. The lowest BCUT2D eigenvalue weighted by molar-refractivity contribution is 0.766. The van der Waals surface area contributed by atoms with E-state index in [-0.39, 0.29) is 0 Å². The lowest BCUT2D eigenvalue weighted by Crippen LogP contribution is -1.97. The van der Waals surface area contributed by atoms with Crippen molar-refractivity contribution in [3.63, 3.8) is 0 Å². The third-order valence-corrected chi connectivity index (χ3v) is 7.91. The van der Waals surface area contributed by atoms with Crippen molar-refractivity contribution in [1.29, 1.82) is 0 Å². The third-order valence-electron chi connectivity index (χ3n) is 7.91. The first-order valence-electron chi connectivity index (χ1n) is 12.9. The van der Waals surface area contributed by atoms with E-state index in [0.29, 0.717) is 0 Å². The highest BCUT2D eigenvalue weighted by Crippen LogP contribution is 2.49. The summed E-state index contributed by atoms with van der Waals surface area (Å²) >= 11 is 0. The van der Waals surface area contributed by atoms with E-state index in [2.05, 4.69) is 95.6 Å². The van der Waals surface area contributed by atoms with Crippen LogP contribution in [0.25, 0.3) is 77.2 Å². The zero-order valence-corrected chi connectivity index (χ0v) is 20.3. The Labute approximate surface area is 218 Å². The smallest absolute Gasteiger partial charge is 0.115 e. The van der Waals surface area contributed by atoms with Gasteiger partial charge in [-0.3, -0.25) is 0 Å². The van der Waals surface area contributed by atoms with Gasteiger partial charge >= 0.3 is 0 Å². The zero-order valence-electron chi connectivity index (χ0n) is 20.3. The molecular formula is C34H20N4. The van der Waals surface area contributed by atoms with E-state index >= 15 is 0 Å². The molecule has 2 aromatic heterocycles. The van der Waals surface area contributed by atoms with Gasteiger partial charge in [-0.25, -0.2) is 0 Å². The molecule has 8 aromatic rings. The van der Waals surface area contributed by atoms with Crippen molar-refractivity contribution < 1.29 is 0 Å². The first-order valence-corrected chi connectivity index (χ1v) is 12.9. The zero-order chi connectivity index (χ0) is 24.8. The second kappa shape index (κ2) is 7.17. The van der Waals surface area contributed by atoms with Crippen molar-refractivity contribution in [2.75, 3.05) is 0 Å². The number of aromatic nitrogens is 4. The maximum atomic E-state index is 4.83. The molecule has 9 rings (SSSR count). The summed E-state index contributed by atoms with van der Waals surface area (Å²) < 4.78 is 2.39. The van der Waals surface area contributed by atoms with E-state index in [1.165, 1.54) is 54.8 Å². The van der Waals surface area contributed by atoms with Crippen LogP contribution in [-0.4, -0.2) is 19.6 Å². The minimum absolute atomic E-state index is 0.872. The van der Waals surface area contributed by atoms with Crippen molar-refractivity contribution in [3.05, 3.63) is 121 Å². The van der Waals surface area contributed by atoms with E-state index in [1.807, 2.05) is 30.3 Å². The van der Waals surface area contributed by atoms with Gasteiger partial charge in [-0.05, 0) is 75.5 Å². The third kappa shape index (κ3) is 2.53. The summed E-state index contributed by atoms with van der Waals surface area (Å²) in [7, 11) is 0. The van der Waals surface area contributed by atoms with Gasteiger partial charge in [0.2, 0.25) is 0 Å². The first kappa shape index (κ1) is 19.9. The Kier molecular flexibility index (Phi) is 3.76. The van der Waals surface area contributed by atoms with Crippen LogP contribution in [0.2, 0.25) is 0 Å². The van der Waals surface area contributed by atoms with Crippen molar-refractivity contribution in [2.24, 2.45) is 0 Å². The van der Waals surface area contributed by atoms with Gasteiger partial charge in [0.1, 0.15) is 11.0 Å². The summed E-state index contributed by atoms with van der Waals surface area (Å²) in [6, 6.07) is 43.1. The highest BCUT2D eigenvalue weighted by molar-refractivity contribution is 6.30. The standard InChI is InChI=1S/C34H20N4/c1-2-9-22(10-3-1)38-35-28-18-17-23(20-29(28)36-38)37-30-15-7-14-27-25-12-5-4-11-24(25)26-13-6-8-21-16-19-31(37)34(32(21)26)33(27)30/h1-20H. The fraction of sp³-hybridized carbons (Fsp3) is 0. The molecule has 0 spiro atoms. The van der Waals surface area contributed by atoms with E-state index < -0.39 is 0 Å². The molecule has 0 fully saturated rings. The largest absolute Gasteiger partial charge is 0.309 e. The summed E-state index contributed by atoms with van der Waals surface area (Å²) in [5.41, 5.74) is 11.3. The Bertz CT molecular complexity index is 2240. The highest BCUT2D eigenvalue weighted by atomic mass is 15.5. The average Bonchev–Trinajstić information content (AvgIpc) is 3.52. The number of hydrogen-bond donors (Lipinski definition) is 0. The Morgan fingerprint density at radius 3 is 1.95 bits per heavy atom. The molecule has 0 saturated carbocycles. The summed E-state index contributed by atoms with van der Waals surface area (Å²) in [5.74, 6) is 0. The molecule has 0 atom stereocenters. The van der Waals surface area contributed by atoms with Gasteiger partial charge in [-0.15, -0.1) is 10.2 Å². The van der Waals surface area contributed by atoms with Crippen LogP contribution in [0.1, 0.15) is 0 Å². The monoisotopic (exact) mass is 484 g/mol. The van der Waals surface area contributed by atoms with E-state index in [4.69, 9.17) is 10.2 Å². The molecule has 0 saturated heterocycles. The number of nitrogens with zero attached hydrogens (tertiary/aromatic N) is 4. The van der Waals surface area contributed by atoms with Gasteiger partial charge in [0.25, 0.3) is 0 Å². The van der Waals surface area contributed by atoms with Crippen LogP contribution in [0.3, 0.4) is 0 Å². The summed E-state index contributed by atoms with van der Waals surface area (Å²) in [6.45, 7) is 0. The van der Waals surface area contributed by atoms with Gasteiger partial charge < -0.3 is 4.57 Å². The van der Waals surface area contributed by atoms with Crippen LogP contribution in [0.15, 0.2) is 121 Å². The van der Waals surface area contributed by atoms with Crippen molar-refractivity contribution in [3.8, 4) is 33.6 Å². The van der Waals surface area contributed by atoms with Crippen molar-refractivity contribution in [1.82, 2.24) is 19.6 Å². The average molecular weight is 485 g/mol. The van der Waals surface area contributed by atoms with Gasteiger partial charge in [0, 0.05) is 16.5 Å². The van der Waals surface area contributed by atoms with Crippen LogP contribution < -0.4 is 0 Å². The predicted molar refractivity (Wildman–Crippen MR) is 155 cm³/mol. The molecule has 4 nitrogen and oxygen atoms in total. The quantitative estimate of drug-likeness (QED) is 0.247. The molecular weight excluding hydrogens is 464 g/mol. The molecule has 38 heavy (non-hydrogen) atoms. The molecule has 6 aromatic carbocycles. The van der Waals surface area contributed by atoms with Gasteiger partial charge in [0.15, 0.2) is 0 Å². The Morgan fingerprint density at radius 1 is 0.421 bits per heavy atom. The summed E-state index contributed by atoms with van der Waals surface area (Å²) in [5, 5.41) is 14.8. The Balaban J connectivity index is 1.40. The van der Waals surface area contributed by atoms with Crippen LogP contribution in [-0.2, 0) is 0 Å². The minimum Gasteiger partial charge on any atom is -0.309 e. The van der Waals surface area contributed by atoms with Gasteiger partial charge in [-0.1, -0.05) is 78.9 Å². The normalized spacial score (nSPS) is 12.2. The molecule has 1 aliphatic rings. The molecule has 0 amide bonds. The Morgan fingerprint density at radius 2 is 1.11 bits per heavy atom. The second-order valence-electron chi connectivity index (χ2n) is 9.94.